The summed E-state index contributed by atoms with van der Waals surface area (Å²) in [5.74, 6) is -0.343. The molecule has 10 heteroatoms. The minimum absolute atomic E-state index is 0.0769. The summed E-state index contributed by atoms with van der Waals surface area (Å²) >= 11 is 0. The molecule has 0 aliphatic rings. The maximum Gasteiger partial charge on any atom is 0.325 e. The number of hydrogen-bond acceptors (Lipinski definition) is 7. The zero-order valence-corrected chi connectivity index (χ0v) is 21.3. The highest BCUT2D eigenvalue weighted by Gasteiger charge is 2.20. The number of nitrogens with zero attached hydrogens (tertiary/aromatic N) is 2. The van der Waals surface area contributed by atoms with Gasteiger partial charge in [0.1, 0.15) is 18.1 Å². The van der Waals surface area contributed by atoms with Gasteiger partial charge in [-0.3, -0.25) is 18.8 Å². The molecule has 2 aromatic heterocycles. The fourth-order valence-electron chi connectivity index (χ4n) is 4.04. The van der Waals surface area contributed by atoms with E-state index < -0.39 is 5.97 Å². The number of pyridine rings is 1. The molecule has 0 saturated carbocycles. The number of ether oxygens (including phenoxy) is 1. The summed E-state index contributed by atoms with van der Waals surface area (Å²) in [7, 11) is 0. The van der Waals surface area contributed by atoms with Crippen molar-refractivity contribution in [2.45, 2.75) is 26.9 Å². The van der Waals surface area contributed by atoms with Gasteiger partial charge in [-0.15, -0.1) is 0 Å². The van der Waals surface area contributed by atoms with Gasteiger partial charge in [0.05, 0.1) is 12.2 Å². The number of nitrogens with one attached hydrogen (secondary N) is 3. The van der Waals surface area contributed by atoms with Crippen molar-refractivity contribution in [1.29, 1.82) is 0 Å². The number of amides is 2. The Morgan fingerprint density at radius 1 is 1.03 bits per heavy atom. The third-order valence-electron chi connectivity index (χ3n) is 5.76. The van der Waals surface area contributed by atoms with E-state index in [1.807, 2.05) is 36.4 Å². The number of imidazole rings is 1. The standard InChI is InChI=1S/C28H30N6O4/c1-3-38-24(36)17-30-27-25(21-9-11-22(12-10-21)32-18(2)35)33-26-23(8-5-13-34(26)27)28(37)31-16-20-7-4-6-19(14-20)15-29/h4-14,30H,3,15-17,29H2,1-2H3,(H,31,37)(H,32,35). The van der Waals surface area contributed by atoms with E-state index in [0.29, 0.717) is 41.5 Å². The number of carbonyl (C=O) groups is 3. The molecule has 0 unspecified atom stereocenters. The van der Waals surface area contributed by atoms with Crippen LogP contribution in [-0.4, -0.2) is 40.3 Å². The molecule has 0 radical (unpaired) electrons. The van der Waals surface area contributed by atoms with Gasteiger partial charge in [0.25, 0.3) is 5.91 Å². The van der Waals surface area contributed by atoms with Gasteiger partial charge in [0.2, 0.25) is 5.91 Å². The summed E-state index contributed by atoms with van der Waals surface area (Å²) in [6, 6.07) is 18.3. The Labute approximate surface area is 220 Å². The predicted octanol–water partition coefficient (Wildman–Crippen LogP) is 3.32. The molecule has 5 N–H and O–H groups in total. The Kier molecular flexibility index (Phi) is 8.34. The van der Waals surface area contributed by atoms with Crippen LogP contribution in [0.25, 0.3) is 16.9 Å². The monoisotopic (exact) mass is 514 g/mol. The van der Waals surface area contributed by atoms with Crippen LogP contribution in [0.15, 0.2) is 66.9 Å². The first-order chi connectivity index (χ1) is 18.4. The molecular weight excluding hydrogens is 484 g/mol. The van der Waals surface area contributed by atoms with E-state index >= 15 is 0 Å². The largest absolute Gasteiger partial charge is 0.465 e. The number of anilines is 2. The number of hydrogen-bond donors (Lipinski definition) is 4. The van der Waals surface area contributed by atoms with Crippen molar-refractivity contribution in [3.8, 4) is 11.3 Å². The molecule has 0 atom stereocenters. The van der Waals surface area contributed by atoms with Crippen molar-refractivity contribution in [1.82, 2.24) is 14.7 Å². The summed E-state index contributed by atoms with van der Waals surface area (Å²) in [6.07, 6.45) is 1.77. The molecule has 0 aliphatic heterocycles. The average Bonchev–Trinajstić information content (AvgIpc) is 3.29. The van der Waals surface area contributed by atoms with E-state index in [1.54, 1.807) is 41.8 Å². The first-order valence-electron chi connectivity index (χ1n) is 12.2. The fourth-order valence-corrected chi connectivity index (χ4v) is 4.04. The van der Waals surface area contributed by atoms with E-state index in [1.165, 1.54) is 6.92 Å². The number of aromatic nitrogens is 2. The first kappa shape index (κ1) is 26.4. The second-order valence-corrected chi connectivity index (χ2v) is 8.55. The number of esters is 1. The third kappa shape index (κ3) is 6.16. The third-order valence-corrected chi connectivity index (χ3v) is 5.76. The van der Waals surface area contributed by atoms with Crippen LogP contribution in [0.1, 0.15) is 35.3 Å². The van der Waals surface area contributed by atoms with Gasteiger partial charge in [0, 0.05) is 37.5 Å². The van der Waals surface area contributed by atoms with Crippen LogP contribution in [0.2, 0.25) is 0 Å². The Balaban J connectivity index is 1.68. The lowest BCUT2D eigenvalue weighted by Gasteiger charge is -2.10. The quantitative estimate of drug-likeness (QED) is 0.238. The molecule has 4 aromatic rings. The molecule has 2 aromatic carbocycles. The van der Waals surface area contributed by atoms with Crippen LogP contribution >= 0.6 is 0 Å². The minimum Gasteiger partial charge on any atom is -0.465 e. The van der Waals surface area contributed by atoms with Gasteiger partial charge >= 0.3 is 5.97 Å². The van der Waals surface area contributed by atoms with Crippen LogP contribution in [0, 0.1) is 0 Å². The maximum absolute atomic E-state index is 13.2. The Hall–Kier alpha value is -4.70. The molecule has 0 fully saturated rings. The first-order valence-corrected chi connectivity index (χ1v) is 12.2. The molecule has 0 bridgehead atoms. The summed E-state index contributed by atoms with van der Waals surface area (Å²) in [5, 5.41) is 8.80. The van der Waals surface area contributed by atoms with Crippen LogP contribution in [0.5, 0.6) is 0 Å². The second-order valence-electron chi connectivity index (χ2n) is 8.55. The van der Waals surface area contributed by atoms with Crippen molar-refractivity contribution >= 4 is 34.9 Å². The second kappa shape index (κ2) is 12.0. The Morgan fingerprint density at radius 2 is 1.79 bits per heavy atom. The molecule has 38 heavy (non-hydrogen) atoms. The van der Waals surface area contributed by atoms with E-state index in [9.17, 15) is 14.4 Å². The van der Waals surface area contributed by atoms with Gasteiger partial charge in [-0.2, -0.15) is 0 Å². The van der Waals surface area contributed by atoms with Crippen molar-refractivity contribution in [3.05, 3.63) is 83.6 Å². The summed E-state index contributed by atoms with van der Waals surface area (Å²) in [6.45, 7) is 4.13. The SMILES string of the molecule is CCOC(=O)CNc1c(-c2ccc(NC(C)=O)cc2)nc2c(C(=O)NCc3cccc(CN)c3)cccn12. The van der Waals surface area contributed by atoms with Gasteiger partial charge in [-0.05, 0) is 42.3 Å². The van der Waals surface area contributed by atoms with E-state index in [-0.39, 0.29) is 25.0 Å². The van der Waals surface area contributed by atoms with E-state index in [0.717, 1.165) is 16.7 Å². The topological polar surface area (TPSA) is 140 Å². The van der Waals surface area contributed by atoms with Gasteiger partial charge in [0.15, 0.2) is 5.65 Å². The smallest absolute Gasteiger partial charge is 0.325 e. The highest BCUT2D eigenvalue weighted by molar-refractivity contribution is 6.01. The highest BCUT2D eigenvalue weighted by Crippen LogP contribution is 2.31. The molecule has 2 amide bonds. The number of fused-ring (bicyclic) bond motifs is 1. The molecule has 196 valence electrons. The van der Waals surface area contributed by atoms with Gasteiger partial charge < -0.3 is 26.4 Å². The summed E-state index contributed by atoms with van der Waals surface area (Å²) < 4.78 is 6.80. The molecule has 0 spiro atoms. The van der Waals surface area contributed by atoms with Crippen LogP contribution in [0.4, 0.5) is 11.5 Å². The molecule has 4 rings (SSSR count). The molecule has 10 nitrogen and oxygen atoms in total. The number of nitrogens with two attached hydrogens (primary N) is 1. The maximum atomic E-state index is 13.2. The lowest BCUT2D eigenvalue weighted by atomic mass is 10.1. The van der Waals surface area contributed by atoms with Gasteiger partial charge in [-0.25, -0.2) is 4.98 Å². The Bertz CT molecular complexity index is 1460. The van der Waals surface area contributed by atoms with Crippen LogP contribution < -0.4 is 21.7 Å². The molecule has 2 heterocycles. The number of benzene rings is 2. The normalized spacial score (nSPS) is 10.7. The van der Waals surface area contributed by atoms with E-state index in [4.69, 9.17) is 15.5 Å². The molecular formula is C28H30N6O4. The van der Waals surface area contributed by atoms with Crippen molar-refractivity contribution < 1.29 is 19.1 Å². The van der Waals surface area contributed by atoms with Crippen molar-refractivity contribution in [3.63, 3.8) is 0 Å². The average molecular weight is 515 g/mol. The number of rotatable bonds is 10. The van der Waals surface area contributed by atoms with E-state index in [2.05, 4.69) is 16.0 Å². The molecule has 0 aliphatic carbocycles. The molecule has 0 saturated heterocycles. The van der Waals surface area contributed by atoms with Gasteiger partial charge in [-0.1, -0.05) is 36.4 Å². The fraction of sp³-hybridized carbons (Fsp3) is 0.214. The predicted molar refractivity (Wildman–Crippen MR) is 146 cm³/mol. The summed E-state index contributed by atoms with van der Waals surface area (Å²) in [4.78, 5) is 41.5. The van der Waals surface area contributed by atoms with Crippen LogP contribution in [0.3, 0.4) is 0 Å². The van der Waals surface area contributed by atoms with Crippen molar-refractivity contribution in [2.75, 3.05) is 23.8 Å². The zero-order chi connectivity index (χ0) is 27.1. The number of carbonyl (C=O) groups excluding carboxylic acids is 3. The minimum atomic E-state index is -0.414. The lowest BCUT2D eigenvalue weighted by molar-refractivity contribution is -0.140. The van der Waals surface area contributed by atoms with Crippen LogP contribution in [-0.2, 0) is 27.4 Å². The zero-order valence-electron chi connectivity index (χ0n) is 21.3. The highest BCUT2D eigenvalue weighted by atomic mass is 16.5. The lowest BCUT2D eigenvalue weighted by Crippen LogP contribution is -2.23. The van der Waals surface area contributed by atoms with Crippen molar-refractivity contribution in [2.24, 2.45) is 5.73 Å². The summed E-state index contributed by atoms with van der Waals surface area (Å²) in [5.41, 5.74) is 10.4. The Morgan fingerprint density at radius 3 is 2.50 bits per heavy atom.